The highest BCUT2D eigenvalue weighted by molar-refractivity contribution is 5.39. The highest BCUT2D eigenvalue weighted by Gasteiger charge is 2.33. The molecule has 0 aromatic carbocycles. The zero-order valence-electron chi connectivity index (χ0n) is 7.22. The number of rotatable bonds is 3. The molecule has 1 fully saturated rings. The largest absolute Gasteiger partial charge is 0.451 e. The van der Waals surface area contributed by atoms with Crippen LogP contribution in [-0.2, 0) is 9.53 Å². The molecule has 0 aromatic heterocycles. The Kier molecular flexibility index (Phi) is 2.53. The lowest BCUT2D eigenvalue weighted by Gasteiger charge is -2.28. The van der Waals surface area contributed by atoms with E-state index in [1.165, 1.54) is 32.2 Å². The third-order valence-electron chi connectivity index (χ3n) is 2.64. The normalized spacial score (nSPS) is 20.2. The second-order valence-corrected chi connectivity index (χ2v) is 3.77. The van der Waals surface area contributed by atoms with Crippen LogP contribution in [0.5, 0.6) is 0 Å². The lowest BCUT2D eigenvalue weighted by Crippen LogP contribution is -2.32. The summed E-state index contributed by atoms with van der Waals surface area (Å²) >= 11 is 0. The zero-order chi connectivity index (χ0) is 8.32. The molecule has 0 aliphatic heterocycles. The van der Waals surface area contributed by atoms with Crippen LogP contribution in [0.3, 0.4) is 0 Å². The topological polar surface area (TPSA) is 26.3 Å². The van der Waals surface area contributed by atoms with Crippen LogP contribution in [0.25, 0.3) is 0 Å². The second-order valence-electron chi connectivity index (χ2n) is 3.77. The molecule has 0 bridgehead atoms. The van der Waals surface area contributed by atoms with E-state index in [0.29, 0.717) is 5.92 Å². The minimum atomic E-state index is -0.293. The van der Waals surface area contributed by atoms with Gasteiger partial charge in [-0.1, -0.05) is 12.8 Å². The van der Waals surface area contributed by atoms with Crippen molar-refractivity contribution >= 4 is 6.47 Å². The number of hydrogen-bond donors (Lipinski definition) is 0. The molecule has 0 unspecified atom stereocenters. The summed E-state index contributed by atoms with van der Waals surface area (Å²) in [5, 5.41) is 0. The van der Waals surface area contributed by atoms with Crippen molar-refractivity contribution in [2.45, 2.75) is 45.1 Å². The van der Waals surface area contributed by atoms with Crippen molar-refractivity contribution in [3.05, 3.63) is 0 Å². The van der Waals surface area contributed by atoms with E-state index in [1.54, 1.807) is 0 Å². The first-order valence-corrected chi connectivity index (χ1v) is 4.22. The van der Waals surface area contributed by atoms with Crippen molar-refractivity contribution in [2.75, 3.05) is 0 Å². The van der Waals surface area contributed by atoms with Gasteiger partial charge in [-0.2, -0.15) is 0 Å². The van der Waals surface area contributed by atoms with E-state index in [0.717, 1.165) is 0 Å². The number of carbonyl (C=O) groups excluding carboxylic acids is 1. The quantitative estimate of drug-likeness (QED) is 0.623. The Labute approximate surface area is 67.9 Å². The molecule has 0 aromatic rings. The van der Waals surface area contributed by atoms with Crippen LogP contribution < -0.4 is 0 Å². The van der Waals surface area contributed by atoms with E-state index in [4.69, 9.17) is 4.74 Å². The van der Waals surface area contributed by atoms with Gasteiger partial charge in [0, 0.05) is 0 Å². The average Bonchev–Trinajstić information content (AvgIpc) is 2.37. The molecule has 63 valence electrons. The molecule has 0 heterocycles. The predicted octanol–water partition coefficient (Wildman–Crippen LogP) is 2.04. The van der Waals surface area contributed by atoms with Gasteiger partial charge in [-0.15, -0.1) is 0 Å². The summed E-state index contributed by atoms with van der Waals surface area (Å²) in [5.41, 5.74) is -0.293. The fraction of sp³-hybridized carbons (Fsp3) is 0.889. The van der Waals surface area contributed by atoms with Gasteiger partial charge in [0.05, 0.1) is 0 Å². The van der Waals surface area contributed by atoms with Crippen molar-refractivity contribution in [1.82, 2.24) is 0 Å². The summed E-state index contributed by atoms with van der Waals surface area (Å²) in [4.78, 5) is 10.0. The van der Waals surface area contributed by atoms with Gasteiger partial charge in [-0.05, 0) is 32.6 Å². The first kappa shape index (κ1) is 8.57. The maximum absolute atomic E-state index is 10.0. The van der Waals surface area contributed by atoms with Crippen molar-refractivity contribution in [1.29, 1.82) is 0 Å². The highest BCUT2D eigenvalue weighted by atomic mass is 16.5. The fourth-order valence-corrected chi connectivity index (χ4v) is 1.81. The molecule has 1 radical (unpaired) electrons. The van der Waals surface area contributed by atoms with E-state index in [1.807, 2.05) is 13.8 Å². The molecular formula is C9H15O2. The molecule has 1 aliphatic rings. The van der Waals surface area contributed by atoms with Crippen LogP contribution in [-0.4, -0.2) is 12.1 Å². The van der Waals surface area contributed by atoms with E-state index >= 15 is 0 Å². The molecule has 11 heavy (non-hydrogen) atoms. The van der Waals surface area contributed by atoms with Crippen LogP contribution in [0, 0.1) is 5.92 Å². The molecule has 0 saturated heterocycles. The monoisotopic (exact) mass is 155 g/mol. The van der Waals surface area contributed by atoms with Crippen LogP contribution in [0.15, 0.2) is 0 Å². The Balaban J connectivity index is 2.47. The van der Waals surface area contributed by atoms with E-state index in [-0.39, 0.29) is 5.60 Å². The van der Waals surface area contributed by atoms with Gasteiger partial charge < -0.3 is 4.74 Å². The second kappa shape index (κ2) is 3.24. The Bertz CT molecular complexity index is 134. The molecule has 1 aliphatic carbocycles. The van der Waals surface area contributed by atoms with E-state index < -0.39 is 0 Å². The summed E-state index contributed by atoms with van der Waals surface area (Å²) < 4.78 is 4.91. The molecule has 0 amide bonds. The standard InChI is InChI=1S/C9H15O2/c1-9(2,11-7-10)8-5-3-4-6-8/h8H,3-6H2,1-2H3. The molecule has 0 spiro atoms. The number of ether oxygens (including phenoxy) is 1. The van der Waals surface area contributed by atoms with Crippen molar-refractivity contribution in [3.8, 4) is 0 Å². The summed E-state index contributed by atoms with van der Waals surface area (Å²) in [6, 6.07) is 0. The van der Waals surface area contributed by atoms with E-state index in [9.17, 15) is 4.79 Å². The Hall–Kier alpha value is -0.530. The fourth-order valence-electron chi connectivity index (χ4n) is 1.81. The van der Waals surface area contributed by atoms with Gasteiger partial charge in [0.1, 0.15) is 5.60 Å². The van der Waals surface area contributed by atoms with Gasteiger partial charge in [-0.25, -0.2) is 4.79 Å². The van der Waals surface area contributed by atoms with Gasteiger partial charge in [0.15, 0.2) is 0 Å². The molecule has 2 nitrogen and oxygen atoms in total. The van der Waals surface area contributed by atoms with Crippen LogP contribution in [0.4, 0.5) is 0 Å². The highest BCUT2D eigenvalue weighted by Crippen LogP contribution is 2.35. The zero-order valence-corrected chi connectivity index (χ0v) is 7.22. The predicted molar refractivity (Wildman–Crippen MR) is 42.8 cm³/mol. The molecule has 2 heteroatoms. The Morgan fingerprint density at radius 1 is 1.36 bits per heavy atom. The summed E-state index contributed by atoms with van der Waals surface area (Å²) in [7, 11) is 0. The maximum atomic E-state index is 10.0. The maximum Gasteiger partial charge on any atom is 0.418 e. The van der Waals surface area contributed by atoms with Crippen molar-refractivity contribution in [3.63, 3.8) is 0 Å². The van der Waals surface area contributed by atoms with E-state index in [2.05, 4.69) is 0 Å². The third-order valence-corrected chi connectivity index (χ3v) is 2.64. The SMILES string of the molecule is CC(C)(O[C]=O)C1CCCC1. The van der Waals surface area contributed by atoms with Crippen LogP contribution >= 0.6 is 0 Å². The lowest BCUT2D eigenvalue weighted by molar-refractivity contribution is 0.0307. The minimum Gasteiger partial charge on any atom is -0.451 e. The molecule has 0 N–H and O–H groups in total. The molecule has 1 saturated carbocycles. The van der Waals surface area contributed by atoms with Crippen molar-refractivity contribution < 1.29 is 9.53 Å². The Morgan fingerprint density at radius 2 is 1.91 bits per heavy atom. The average molecular weight is 155 g/mol. The first-order valence-electron chi connectivity index (χ1n) is 4.22. The third kappa shape index (κ3) is 1.95. The molecule has 1 rings (SSSR count). The molecular weight excluding hydrogens is 140 g/mol. The van der Waals surface area contributed by atoms with Gasteiger partial charge in [-0.3, -0.25) is 0 Å². The molecule has 0 atom stereocenters. The van der Waals surface area contributed by atoms with Gasteiger partial charge in [0.25, 0.3) is 0 Å². The van der Waals surface area contributed by atoms with Gasteiger partial charge >= 0.3 is 6.47 Å². The minimum absolute atomic E-state index is 0.293. The van der Waals surface area contributed by atoms with Crippen molar-refractivity contribution in [2.24, 2.45) is 5.92 Å². The smallest absolute Gasteiger partial charge is 0.418 e. The van der Waals surface area contributed by atoms with Gasteiger partial charge in [0.2, 0.25) is 0 Å². The summed E-state index contributed by atoms with van der Waals surface area (Å²) in [6.07, 6.45) is 4.93. The van der Waals surface area contributed by atoms with Crippen LogP contribution in [0.1, 0.15) is 39.5 Å². The lowest BCUT2D eigenvalue weighted by atomic mass is 9.89. The first-order chi connectivity index (χ1) is 5.17. The summed E-state index contributed by atoms with van der Waals surface area (Å²) in [5.74, 6) is 0.545. The summed E-state index contributed by atoms with van der Waals surface area (Å²) in [6.45, 7) is 5.47. The van der Waals surface area contributed by atoms with Crippen LogP contribution in [0.2, 0.25) is 0 Å². The number of hydrogen-bond acceptors (Lipinski definition) is 2. The Morgan fingerprint density at radius 3 is 2.36 bits per heavy atom.